The van der Waals surface area contributed by atoms with E-state index in [9.17, 15) is 19.8 Å². The van der Waals surface area contributed by atoms with E-state index in [-0.39, 0.29) is 52.9 Å². The zero-order chi connectivity index (χ0) is 25.1. The van der Waals surface area contributed by atoms with Gasteiger partial charge in [0.1, 0.15) is 0 Å². The Morgan fingerprint density at radius 2 is 1.85 bits per heavy atom. The van der Waals surface area contributed by atoms with Crippen LogP contribution in [0, 0.1) is 34.5 Å². The van der Waals surface area contributed by atoms with Crippen LogP contribution in [0.4, 0.5) is 0 Å². The predicted molar refractivity (Wildman–Crippen MR) is 131 cm³/mol. The normalized spacial score (nSPS) is 42.5. The Morgan fingerprint density at radius 1 is 1.15 bits per heavy atom. The van der Waals surface area contributed by atoms with Crippen LogP contribution in [-0.4, -0.2) is 64.8 Å². The Bertz CT molecular complexity index is 854. The number of aliphatic hydroxyl groups is 2. The zero-order valence-corrected chi connectivity index (χ0v) is 22.0. The van der Waals surface area contributed by atoms with Gasteiger partial charge in [-0.15, -0.1) is 0 Å². The third-order valence-corrected chi connectivity index (χ3v) is 10.5. The molecule has 0 aromatic rings. The van der Waals surface area contributed by atoms with Gasteiger partial charge in [0, 0.05) is 36.9 Å². The van der Waals surface area contributed by atoms with E-state index < -0.39 is 11.0 Å². The van der Waals surface area contributed by atoms with Crippen LogP contribution < -0.4 is 0 Å². The minimum absolute atomic E-state index is 0.0274. The number of nitrogens with zero attached hydrogens (tertiary/aromatic N) is 1. The topological polar surface area (TPSA) is 87.1 Å². The van der Waals surface area contributed by atoms with Gasteiger partial charge in [-0.25, -0.2) is 0 Å². The summed E-state index contributed by atoms with van der Waals surface area (Å²) in [6.45, 7) is 11.4. The molecule has 0 heterocycles. The second-order valence-electron chi connectivity index (χ2n) is 12.4. The van der Waals surface area contributed by atoms with E-state index in [2.05, 4.69) is 20.8 Å². The summed E-state index contributed by atoms with van der Waals surface area (Å²) in [5.41, 5.74) is -0.840. The number of fused-ring (bicyclic) bond motifs is 5. The largest absolute Gasteiger partial charge is 0.393 e. The highest BCUT2D eigenvalue weighted by Crippen LogP contribution is 2.67. The van der Waals surface area contributed by atoms with Crippen molar-refractivity contribution in [3.8, 4) is 0 Å². The molecule has 4 rings (SSSR count). The standard InChI is InChI=1S/C28H45NO5/c1-17(2)25(32)29(13-14-34-6)18(3)20-10-12-28(33)23-15-24(31)22-8-7-19(30)16-26(22,4)21(23)9-11-27(20,28)5/h15,17-22,30,33H,7-14,16H2,1-6H3/t18?,19?,20?,21?,22?,26?,27?,28-/m1/s1. The first-order chi connectivity index (χ1) is 15.9. The number of hydrogen-bond acceptors (Lipinski definition) is 5. The summed E-state index contributed by atoms with van der Waals surface area (Å²) in [6.07, 6.45) is 6.69. The van der Waals surface area contributed by atoms with Crippen molar-refractivity contribution >= 4 is 11.7 Å². The second-order valence-corrected chi connectivity index (χ2v) is 12.4. The highest BCUT2D eigenvalue weighted by atomic mass is 16.5. The zero-order valence-electron chi connectivity index (χ0n) is 22.0. The Hall–Kier alpha value is -1.24. The average Bonchev–Trinajstić information content (AvgIpc) is 3.05. The van der Waals surface area contributed by atoms with Crippen molar-refractivity contribution in [3.63, 3.8) is 0 Å². The number of ether oxygens (including phenoxy) is 1. The fourth-order valence-corrected chi connectivity index (χ4v) is 8.51. The van der Waals surface area contributed by atoms with E-state index in [1.807, 2.05) is 18.7 Å². The van der Waals surface area contributed by atoms with E-state index in [1.165, 1.54) is 0 Å². The Morgan fingerprint density at radius 3 is 2.50 bits per heavy atom. The lowest BCUT2D eigenvalue weighted by atomic mass is 9.46. The van der Waals surface area contributed by atoms with Crippen molar-refractivity contribution in [2.75, 3.05) is 20.3 Å². The molecule has 3 fully saturated rings. The Balaban J connectivity index is 1.68. The Labute approximate surface area is 205 Å². The van der Waals surface area contributed by atoms with Gasteiger partial charge in [-0.2, -0.15) is 0 Å². The third-order valence-electron chi connectivity index (χ3n) is 10.5. The van der Waals surface area contributed by atoms with Gasteiger partial charge in [0.15, 0.2) is 5.78 Å². The lowest BCUT2D eigenvalue weighted by molar-refractivity contribution is -0.146. The van der Waals surface area contributed by atoms with Gasteiger partial charge in [0.25, 0.3) is 0 Å². The number of amides is 1. The molecule has 0 aromatic carbocycles. The summed E-state index contributed by atoms with van der Waals surface area (Å²) in [7, 11) is 1.65. The molecule has 0 saturated heterocycles. The van der Waals surface area contributed by atoms with Crippen LogP contribution >= 0.6 is 0 Å². The fraction of sp³-hybridized carbons (Fsp3) is 0.857. The van der Waals surface area contributed by atoms with Crippen molar-refractivity contribution in [1.29, 1.82) is 0 Å². The Kier molecular flexibility index (Phi) is 6.85. The van der Waals surface area contributed by atoms with Crippen LogP contribution in [0.15, 0.2) is 11.6 Å². The van der Waals surface area contributed by atoms with Gasteiger partial charge in [-0.1, -0.05) is 27.7 Å². The number of allylic oxidation sites excluding steroid dienone is 1. The van der Waals surface area contributed by atoms with Crippen LogP contribution in [0.5, 0.6) is 0 Å². The minimum Gasteiger partial charge on any atom is -0.393 e. The average molecular weight is 476 g/mol. The number of rotatable bonds is 6. The van der Waals surface area contributed by atoms with Gasteiger partial charge in [-0.3, -0.25) is 9.59 Å². The van der Waals surface area contributed by atoms with Crippen molar-refractivity contribution in [1.82, 2.24) is 4.90 Å². The molecular weight excluding hydrogens is 430 g/mol. The second kappa shape index (κ2) is 9.01. The molecule has 6 heteroatoms. The molecule has 6 nitrogen and oxygen atoms in total. The molecule has 0 bridgehead atoms. The highest BCUT2D eigenvalue weighted by Gasteiger charge is 2.66. The number of aliphatic hydroxyl groups excluding tert-OH is 1. The van der Waals surface area contributed by atoms with E-state index in [0.29, 0.717) is 32.4 Å². The van der Waals surface area contributed by atoms with Gasteiger partial charge in [0.05, 0.1) is 18.3 Å². The molecule has 0 radical (unpaired) electrons. The van der Waals surface area contributed by atoms with E-state index in [0.717, 1.165) is 31.3 Å². The molecule has 4 aliphatic carbocycles. The van der Waals surface area contributed by atoms with Gasteiger partial charge < -0.3 is 19.8 Å². The van der Waals surface area contributed by atoms with Crippen LogP contribution in [0.1, 0.15) is 79.6 Å². The number of carbonyl (C=O) groups is 2. The first-order valence-electron chi connectivity index (χ1n) is 13.4. The van der Waals surface area contributed by atoms with Crippen molar-refractivity contribution in [2.24, 2.45) is 34.5 Å². The quantitative estimate of drug-likeness (QED) is 0.611. The monoisotopic (exact) mass is 475 g/mol. The maximum atomic E-state index is 13.3. The van der Waals surface area contributed by atoms with Gasteiger partial charge in [0.2, 0.25) is 5.91 Å². The molecule has 2 N–H and O–H groups in total. The molecule has 0 aromatic heterocycles. The molecule has 4 aliphatic rings. The predicted octanol–water partition coefficient (Wildman–Crippen LogP) is 3.74. The van der Waals surface area contributed by atoms with Gasteiger partial charge in [-0.05, 0) is 80.8 Å². The summed E-state index contributed by atoms with van der Waals surface area (Å²) < 4.78 is 5.31. The summed E-state index contributed by atoms with van der Waals surface area (Å²) >= 11 is 0. The molecule has 8 atom stereocenters. The minimum atomic E-state index is -1.05. The SMILES string of the molecule is COCCN(C(=O)C(C)C)C(C)C1CC[C@@]2(O)C3=CC(=O)C4CCC(O)CC4(C)C3CCC12C. The summed E-state index contributed by atoms with van der Waals surface area (Å²) in [5.74, 6) is 0.358. The molecule has 0 aliphatic heterocycles. The lowest BCUT2D eigenvalue weighted by Crippen LogP contribution is -2.60. The molecular formula is C28H45NO5. The first-order valence-corrected chi connectivity index (χ1v) is 13.4. The molecule has 7 unspecified atom stereocenters. The van der Waals surface area contributed by atoms with Crippen LogP contribution in [0.2, 0.25) is 0 Å². The molecule has 34 heavy (non-hydrogen) atoms. The molecule has 0 spiro atoms. The molecule has 1 amide bonds. The van der Waals surface area contributed by atoms with Crippen LogP contribution in [-0.2, 0) is 14.3 Å². The number of ketones is 1. The van der Waals surface area contributed by atoms with Crippen LogP contribution in [0.3, 0.4) is 0 Å². The molecule has 192 valence electrons. The van der Waals surface area contributed by atoms with Crippen molar-refractivity contribution in [3.05, 3.63) is 11.6 Å². The molecule has 3 saturated carbocycles. The van der Waals surface area contributed by atoms with E-state index in [4.69, 9.17) is 4.74 Å². The third kappa shape index (κ3) is 3.70. The first kappa shape index (κ1) is 25.8. The number of carbonyl (C=O) groups excluding carboxylic acids is 2. The fourth-order valence-electron chi connectivity index (χ4n) is 8.51. The summed E-state index contributed by atoms with van der Waals surface area (Å²) in [4.78, 5) is 28.4. The number of methoxy groups -OCH3 is 1. The number of hydrogen-bond donors (Lipinski definition) is 2. The van der Waals surface area contributed by atoms with Crippen molar-refractivity contribution < 1.29 is 24.5 Å². The maximum Gasteiger partial charge on any atom is 0.225 e. The summed E-state index contributed by atoms with van der Waals surface area (Å²) in [5, 5.41) is 22.9. The smallest absolute Gasteiger partial charge is 0.225 e. The van der Waals surface area contributed by atoms with E-state index >= 15 is 0 Å². The van der Waals surface area contributed by atoms with Crippen LogP contribution in [0.25, 0.3) is 0 Å². The highest BCUT2D eigenvalue weighted by molar-refractivity contribution is 5.95. The lowest BCUT2D eigenvalue weighted by Gasteiger charge is -2.60. The van der Waals surface area contributed by atoms with E-state index in [1.54, 1.807) is 13.2 Å². The summed E-state index contributed by atoms with van der Waals surface area (Å²) in [6, 6.07) is -0.0274. The van der Waals surface area contributed by atoms with Crippen molar-refractivity contribution in [2.45, 2.75) is 97.3 Å². The maximum absolute atomic E-state index is 13.3. The van der Waals surface area contributed by atoms with Gasteiger partial charge >= 0.3 is 0 Å².